The van der Waals surface area contributed by atoms with Crippen LogP contribution in [-0.2, 0) is 4.79 Å². The number of nitrogens with zero attached hydrogens (tertiary/aromatic N) is 1. The van der Waals surface area contributed by atoms with Crippen molar-refractivity contribution < 1.29 is 9.53 Å². The summed E-state index contributed by atoms with van der Waals surface area (Å²) in [6, 6.07) is 5.64. The average Bonchev–Trinajstić information content (AvgIpc) is 2.67. The second-order valence-corrected chi connectivity index (χ2v) is 6.56. The summed E-state index contributed by atoms with van der Waals surface area (Å²) >= 11 is 9.91. The zero-order valence-electron chi connectivity index (χ0n) is 10.8. The summed E-state index contributed by atoms with van der Waals surface area (Å²) in [7, 11) is 1.60. The number of thioether (sulfide) groups is 1. The highest BCUT2D eigenvalue weighted by Gasteiger charge is 2.31. The molecule has 2 rings (SSSR count). The Hall–Kier alpha value is -1.11. The fourth-order valence-corrected chi connectivity index (χ4v) is 3.39. The van der Waals surface area contributed by atoms with Gasteiger partial charge in [0, 0.05) is 16.6 Å². The predicted molar refractivity (Wildman–Crippen MR) is 90.8 cm³/mol. The molecule has 0 saturated carbocycles. The third kappa shape index (κ3) is 3.13. The topological polar surface area (TPSA) is 29.5 Å². The molecule has 0 aliphatic carbocycles. The van der Waals surface area contributed by atoms with Crippen LogP contribution in [0.3, 0.4) is 0 Å². The number of rotatable bonds is 4. The average molecular weight is 370 g/mol. The van der Waals surface area contributed by atoms with Crippen LogP contribution < -0.4 is 4.74 Å². The molecule has 1 aromatic rings. The molecule has 0 aromatic heterocycles. The van der Waals surface area contributed by atoms with Crippen LogP contribution in [0.1, 0.15) is 5.56 Å². The van der Waals surface area contributed by atoms with E-state index in [1.165, 1.54) is 16.7 Å². The zero-order chi connectivity index (χ0) is 14.7. The van der Waals surface area contributed by atoms with E-state index < -0.39 is 0 Å². The van der Waals surface area contributed by atoms with Gasteiger partial charge in [0.05, 0.1) is 12.0 Å². The molecular weight excluding hydrogens is 358 g/mol. The van der Waals surface area contributed by atoms with Crippen molar-refractivity contribution in [1.82, 2.24) is 4.90 Å². The van der Waals surface area contributed by atoms with Crippen molar-refractivity contribution in [1.29, 1.82) is 0 Å². The van der Waals surface area contributed by atoms with E-state index in [0.717, 1.165) is 10.0 Å². The summed E-state index contributed by atoms with van der Waals surface area (Å²) in [5.41, 5.74) is 0.834. The fraction of sp³-hybridized carbons (Fsp3) is 0.143. The van der Waals surface area contributed by atoms with Gasteiger partial charge < -0.3 is 4.74 Å². The Morgan fingerprint density at radius 3 is 2.95 bits per heavy atom. The third-order valence-electron chi connectivity index (χ3n) is 2.66. The molecule has 0 N–H and O–H groups in total. The lowest BCUT2D eigenvalue weighted by Gasteiger charge is -2.10. The highest BCUT2D eigenvalue weighted by molar-refractivity contribution is 9.10. The standard InChI is InChI=1S/C14H12BrNO2S2/c1-3-6-16-13(17)12(20-14(16)19)8-9-7-10(15)4-5-11(9)18-2/h3-5,7-8H,1,6H2,2H3. The van der Waals surface area contributed by atoms with Gasteiger partial charge in [-0.25, -0.2) is 0 Å². The molecule has 0 spiro atoms. The van der Waals surface area contributed by atoms with E-state index in [1.807, 2.05) is 18.2 Å². The van der Waals surface area contributed by atoms with Crippen molar-refractivity contribution in [2.45, 2.75) is 0 Å². The van der Waals surface area contributed by atoms with Crippen LogP contribution in [0.2, 0.25) is 0 Å². The summed E-state index contributed by atoms with van der Waals surface area (Å²) in [5, 5.41) is 0. The molecule has 1 aliphatic rings. The first-order valence-electron chi connectivity index (χ1n) is 5.76. The number of thiocarbonyl (C=S) groups is 1. The summed E-state index contributed by atoms with van der Waals surface area (Å²) < 4.78 is 6.77. The van der Waals surface area contributed by atoms with Gasteiger partial charge in [0.1, 0.15) is 10.1 Å². The Labute approximate surface area is 135 Å². The van der Waals surface area contributed by atoms with Gasteiger partial charge in [0.15, 0.2) is 0 Å². The first kappa shape index (κ1) is 15.3. The van der Waals surface area contributed by atoms with Crippen LogP contribution >= 0.6 is 39.9 Å². The largest absolute Gasteiger partial charge is 0.496 e. The van der Waals surface area contributed by atoms with Gasteiger partial charge in [-0.2, -0.15) is 0 Å². The lowest BCUT2D eigenvalue weighted by atomic mass is 10.2. The molecule has 20 heavy (non-hydrogen) atoms. The molecule has 6 heteroatoms. The number of carbonyl (C=O) groups is 1. The number of amides is 1. The Morgan fingerprint density at radius 1 is 1.55 bits per heavy atom. The number of halogens is 1. The van der Waals surface area contributed by atoms with Gasteiger partial charge in [-0.15, -0.1) is 6.58 Å². The number of carbonyl (C=O) groups excluding carboxylic acids is 1. The first-order valence-corrected chi connectivity index (χ1v) is 7.78. The van der Waals surface area contributed by atoms with Gasteiger partial charge in [0.2, 0.25) is 0 Å². The smallest absolute Gasteiger partial charge is 0.266 e. The molecule has 0 atom stereocenters. The van der Waals surface area contributed by atoms with Crippen LogP contribution in [0.5, 0.6) is 5.75 Å². The summed E-state index contributed by atoms with van der Waals surface area (Å²) in [5.74, 6) is 0.615. The van der Waals surface area contributed by atoms with Crippen LogP contribution in [0.4, 0.5) is 0 Å². The van der Waals surface area contributed by atoms with E-state index in [1.54, 1.807) is 19.3 Å². The van der Waals surface area contributed by atoms with Crippen LogP contribution in [0, 0.1) is 0 Å². The number of benzene rings is 1. The highest BCUT2D eigenvalue weighted by atomic mass is 79.9. The minimum absolute atomic E-state index is 0.0954. The molecule has 1 aliphatic heterocycles. The van der Waals surface area contributed by atoms with E-state index in [9.17, 15) is 4.79 Å². The zero-order valence-corrected chi connectivity index (χ0v) is 14.0. The van der Waals surface area contributed by atoms with Crippen LogP contribution in [0.25, 0.3) is 6.08 Å². The lowest BCUT2D eigenvalue weighted by molar-refractivity contribution is -0.121. The summed E-state index contributed by atoms with van der Waals surface area (Å²) in [4.78, 5) is 14.4. The maximum atomic E-state index is 12.2. The quantitative estimate of drug-likeness (QED) is 0.458. The minimum atomic E-state index is -0.0954. The predicted octanol–water partition coefficient (Wildman–Crippen LogP) is 3.84. The maximum absolute atomic E-state index is 12.2. The minimum Gasteiger partial charge on any atom is -0.496 e. The SMILES string of the molecule is C=CCN1C(=O)C(=Cc2cc(Br)ccc2OC)SC1=S. The molecule has 104 valence electrons. The van der Waals surface area contributed by atoms with Gasteiger partial charge in [0.25, 0.3) is 5.91 Å². The van der Waals surface area contributed by atoms with E-state index in [-0.39, 0.29) is 5.91 Å². The van der Waals surface area contributed by atoms with Crippen molar-refractivity contribution >= 4 is 56.2 Å². The molecular formula is C14H12BrNO2S2. The molecule has 1 amide bonds. The van der Waals surface area contributed by atoms with Gasteiger partial charge in [-0.05, 0) is 24.3 Å². The molecule has 1 fully saturated rings. The monoisotopic (exact) mass is 369 g/mol. The Kier molecular flexibility index (Phi) is 5.01. The van der Waals surface area contributed by atoms with E-state index in [4.69, 9.17) is 17.0 Å². The van der Waals surface area contributed by atoms with E-state index in [2.05, 4.69) is 22.5 Å². The molecule has 0 bridgehead atoms. The van der Waals surface area contributed by atoms with Crippen molar-refractivity contribution in [2.24, 2.45) is 0 Å². The summed E-state index contributed by atoms with van der Waals surface area (Å²) in [6.07, 6.45) is 3.46. The van der Waals surface area contributed by atoms with Gasteiger partial charge in [-0.3, -0.25) is 9.69 Å². The lowest BCUT2D eigenvalue weighted by Crippen LogP contribution is -2.27. The summed E-state index contributed by atoms with van der Waals surface area (Å²) in [6.45, 7) is 4.06. The Bertz CT molecular complexity index is 613. The van der Waals surface area contributed by atoms with E-state index in [0.29, 0.717) is 21.5 Å². The van der Waals surface area contributed by atoms with Crippen molar-refractivity contribution in [3.05, 3.63) is 45.8 Å². The number of hydrogen-bond donors (Lipinski definition) is 0. The Morgan fingerprint density at radius 2 is 2.30 bits per heavy atom. The molecule has 0 radical (unpaired) electrons. The maximum Gasteiger partial charge on any atom is 0.266 e. The van der Waals surface area contributed by atoms with Gasteiger partial charge in [-0.1, -0.05) is 46.0 Å². The van der Waals surface area contributed by atoms with E-state index >= 15 is 0 Å². The second kappa shape index (κ2) is 6.56. The van der Waals surface area contributed by atoms with Crippen molar-refractivity contribution in [3.63, 3.8) is 0 Å². The molecule has 1 aromatic carbocycles. The van der Waals surface area contributed by atoms with Gasteiger partial charge >= 0.3 is 0 Å². The molecule has 0 unspecified atom stereocenters. The molecule has 1 heterocycles. The first-order chi connectivity index (χ1) is 9.56. The van der Waals surface area contributed by atoms with Crippen molar-refractivity contribution in [2.75, 3.05) is 13.7 Å². The number of ether oxygens (including phenoxy) is 1. The third-order valence-corrected chi connectivity index (χ3v) is 4.53. The highest BCUT2D eigenvalue weighted by Crippen LogP contribution is 2.34. The number of hydrogen-bond acceptors (Lipinski definition) is 4. The molecule has 3 nitrogen and oxygen atoms in total. The molecule has 1 saturated heterocycles. The number of methoxy groups -OCH3 is 1. The Balaban J connectivity index is 2.37. The second-order valence-electron chi connectivity index (χ2n) is 3.97. The van der Waals surface area contributed by atoms with Crippen LogP contribution in [-0.4, -0.2) is 28.8 Å². The normalized spacial score (nSPS) is 16.9. The van der Waals surface area contributed by atoms with Crippen LogP contribution in [0.15, 0.2) is 40.2 Å². The fourth-order valence-electron chi connectivity index (χ4n) is 1.75. The van der Waals surface area contributed by atoms with Crippen molar-refractivity contribution in [3.8, 4) is 5.75 Å².